The van der Waals surface area contributed by atoms with E-state index in [1.807, 2.05) is 6.07 Å². The van der Waals surface area contributed by atoms with Crippen molar-refractivity contribution in [2.24, 2.45) is 5.92 Å². The van der Waals surface area contributed by atoms with E-state index < -0.39 is 4.92 Å². The molecule has 106 valence electrons. The van der Waals surface area contributed by atoms with Gasteiger partial charge in [-0.3, -0.25) is 10.1 Å². The van der Waals surface area contributed by atoms with Crippen LogP contribution in [0, 0.1) is 16.0 Å². The van der Waals surface area contributed by atoms with Crippen LogP contribution >= 0.6 is 0 Å². The zero-order chi connectivity index (χ0) is 14.4. The van der Waals surface area contributed by atoms with Gasteiger partial charge in [-0.15, -0.1) is 0 Å². The number of nitro benzene ring substituents is 1. The van der Waals surface area contributed by atoms with E-state index in [1.165, 1.54) is 13.2 Å². The standard InChI is InChI=1S/C14H22N2O3/c1-10(2)5-11(3)15-9-12-6-13(16(17)18)8-14(7-12)19-4/h6-8,10-11,15H,5,9H2,1-4H3. The van der Waals surface area contributed by atoms with E-state index in [-0.39, 0.29) is 5.69 Å². The molecule has 0 saturated heterocycles. The van der Waals surface area contributed by atoms with Crippen LogP contribution in [0.4, 0.5) is 5.69 Å². The number of benzene rings is 1. The molecule has 0 aliphatic rings. The minimum absolute atomic E-state index is 0.0627. The lowest BCUT2D eigenvalue weighted by Crippen LogP contribution is -2.26. The average molecular weight is 266 g/mol. The second-order valence-corrected chi connectivity index (χ2v) is 5.21. The molecule has 1 atom stereocenters. The topological polar surface area (TPSA) is 64.4 Å². The molecule has 0 aliphatic heterocycles. The Morgan fingerprint density at radius 1 is 1.32 bits per heavy atom. The lowest BCUT2D eigenvalue weighted by Gasteiger charge is -2.16. The Labute approximate surface area is 114 Å². The molecule has 1 unspecified atom stereocenters. The van der Waals surface area contributed by atoms with Crippen LogP contribution < -0.4 is 10.1 Å². The molecule has 0 heterocycles. The number of methoxy groups -OCH3 is 1. The molecule has 5 heteroatoms. The highest BCUT2D eigenvalue weighted by Crippen LogP contribution is 2.22. The molecular weight excluding hydrogens is 244 g/mol. The van der Waals surface area contributed by atoms with Crippen LogP contribution in [-0.2, 0) is 6.54 Å². The van der Waals surface area contributed by atoms with E-state index in [1.54, 1.807) is 6.07 Å². The Bertz CT molecular complexity index is 433. The molecule has 1 aromatic carbocycles. The fraction of sp³-hybridized carbons (Fsp3) is 0.571. The van der Waals surface area contributed by atoms with E-state index in [4.69, 9.17) is 4.74 Å². The molecule has 0 aliphatic carbocycles. The van der Waals surface area contributed by atoms with Gasteiger partial charge in [0.2, 0.25) is 0 Å². The first-order valence-corrected chi connectivity index (χ1v) is 6.48. The minimum atomic E-state index is -0.399. The van der Waals surface area contributed by atoms with Crippen LogP contribution in [0.5, 0.6) is 5.75 Å². The van der Waals surface area contributed by atoms with Gasteiger partial charge < -0.3 is 10.1 Å². The summed E-state index contributed by atoms with van der Waals surface area (Å²) in [6, 6.07) is 5.21. The molecule has 1 N–H and O–H groups in total. The Hall–Kier alpha value is -1.62. The summed E-state index contributed by atoms with van der Waals surface area (Å²) in [5.74, 6) is 1.14. The number of hydrogen-bond acceptors (Lipinski definition) is 4. The quantitative estimate of drug-likeness (QED) is 0.608. The second-order valence-electron chi connectivity index (χ2n) is 5.21. The summed E-state index contributed by atoms with van der Waals surface area (Å²) in [5, 5.41) is 14.2. The molecule has 0 radical (unpaired) electrons. The first-order chi connectivity index (χ1) is 8.92. The molecule has 0 fully saturated rings. The highest BCUT2D eigenvalue weighted by molar-refractivity contribution is 5.42. The lowest BCUT2D eigenvalue weighted by atomic mass is 10.0. The predicted molar refractivity (Wildman–Crippen MR) is 75.4 cm³/mol. The predicted octanol–water partition coefficient (Wildman–Crippen LogP) is 3.13. The normalized spacial score (nSPS) is 12.5. The van der Waals surface area contributed by atoms with E-state index in [9.17, 15) is 10.1 Å². The van der Waals surface area contributed by atoms with Crippen molar-refractivity contribution in [2.45, 2.75) is 39.8 Å². The van der Waals surface area contributed by atoms with Crippen molar-refractivity contribution in [1.29, 1.82) is 0 Å². The van der Waals surface area contributed by atoms with Crippen molar-refractivity contribution in [2.75, 3.05) is 7.11 Å². The SMILES string of the molecule is COc1cc(CNC(C)CC(C)C)cc([N+](=O)[O-])c1. The maximum absolute atomic E-state index is 10.8. The van der Waals surface area contributed by atoms with Gasteiger partial charge >= 0.3 is 0 Å². The number of non-ortho nitro benzene ring substituents is 1. The van der Waals surface area contributed by atoms with Gasteiger partial charge in [-0.2, -0.15) is 0 Å². The zero-order valence-corrected chi connectivity index (χ0v) is 12.0. The van der Waals surface area contributed by atoms with Crippen molar-refractivity contribution in [3.63, 3.8) is 0 Å². The van der Waals surface area contributed by atoms with E-state index in [0.717, 1.165) is 12.0 Å². The van der Waals surface area contributed by atoms with Crippen LogP contribution in [0.1, 0.15) is 32.8 Å². The third-order valence-electron chi connectivity index (χ3n) is 2.88. The Kier molecular flexibility index (Phi) is 5.76. The fourth-order valence-corrected chi connectivity index (χ4v) is 2.05. The second kappa shape index (κ2) is 7.09. The molecule has 0 spiro atoms. The van der Waals surface area contributed by atoms with Crippen LogP contribution in [0.25, 0.3) is 0 Å². The number of nitrogens with zero attached hydrogens (tertiary/aromatic N) is 1. The molecule has 0 amide bonds. The summed E-state index contributed by atoms with van der Waals surface area (Å²) < 4.78 is 5.08. The molecular formula is C14H22N2O3. The lowest BCUT2D eigenvalue weighted by molar-refractivity contribution is -0.385. The maximum Gasteiger partial charge on any atom is 0.273 e. The minimum Gasteiger partial charge on any atom is -0.496 e. The highest BCUT2D eigenvalue weighted by atomic mass is 16.6. The van der Waals surface area contributed by atoms with E-state index >= 15 is 0 Å². The van der Waals surface area contributed by atoms with Crippen molar-refractivity contribution in [3.8, 4) is 5.75 Å². The Balaban J connectivity index is 2.72. The summed E-state index contributed by atoms with van der Waals surface area (Å²) in [6.07, 6.45) is 1.08. The number of rotatable bonds is 7. The van der Waals surface area contributed by atoms with Crippen molar-refractivity contribution < 1.29 is 9.66 Å². The number of nitrogens with one attached hydrogen (secondary N) is 1. The first kappa shape index (κ1) is 15.4. The molecule has 19 heavy (non-hydrogen) atoms. The van der Waals surface area contributed by atoms with Crippen molar-refractivity contribution in [1.82, 2.24) is 5.32 Å². The molecule has 5 nitrogen and oxygen atoms in total. The highest BCUT2D eigenvalue weighted by Gasteiger charge is 2.11. The summed E-state index contributed by atoms with van der Waals surface area (Å²) in [4.78, 5) is 10.4. The van der Waals surface area contributed by atoms with Gasteiger partial charge in [-0.05, 0) is 30.9 Å². The summed E-state index contributed by atoms with van der Waals surface area (Å²) >= 11 is 0. The number of nitro groups is 1. The summed E-state index contributed by atoms with van der Waals surface area (Å²) in [7, 11) is 1.51. The largest absolute Gasteiger partial charge is 0.496 e. The summed E-state index contributed by atoms with van der Waals surface area (Å²) in [5.41, 5.74) is 0.925. The van der Waals surface area contributed by atoms with Gasteiger partial charge in [-0.1, -0.05) is 13.8 Å². The molecule has 0 aromatic heterocycles. The first-order valence-electron chi connectivity index (χ1n) is 6.48. The van der Waals surface area contributed by atoms with Crippen LogP contribution in [0.15, 0.2) is 18.2 Å². The van der Waals surface area contributed by atoms with Gasteiger partial charge in [-0.25, -0.2) is 0 Å². The number of hydrogen-bond donors (Lipinski definition) is 1. The molecule has 1 aromatic rings. The van der Waals surface area contributed by atoms with Crippen molar-refractivity contribution >= 4 is 5.69 Å². The third-order valence-corrected chi connectivity index (χ3v) is 2.88. The monoisotopic (exact) mass is 266 g/mol. The van der Waals surface area contributed by atoms with Gasteiger partial charge in [0.15, 0.2) is 0 Å². The van der Waals surface area contributed by atoms with Crippen molar-refractivity contribution in [3.05, 3.63) is 33.9 Å². The Morgan fingerprint density at radius 2 is 2.00 bits per heavy atom. The van der Waals surface area contributed by atoms with Gasteiger partial charge in [0.25, 0.3) is 5.69 Å². The average Bonchev–Trinajstić information content (AvgIpc) is 2.35. The van der Waals surface area contributed by atoms with E-state index in [0.29, 0.717) is 24.3 Å². The summed E-state index contributed by atoms with van der Waals surface area (Å²) in [6.45, 7) is 7.07. The molecule has 0 bridgehead atoms. The van der Waals surface area contributed by atoms with Crippen LogP contribution in [0.3, 0.4) is 0 Å². The van der Waals surface area contributed by atoms with Gasteiger partial charge in [0, 0.05) is 18.7 Å². The van der Waals surface area contributed by atoms with Crippen LogP contribution in [0.2, 0.25) is 0 Å². The van der Waals surface area contributed by atoms with Crippen LogP contribution in [-0.4, -0.2) is 18.1 Å². The smallest absolute Gasteiger partial charge is 0.273 e. The van der Waals surface area contributed by atoms with E-state index in [2.05, 4.69) is 26.1 Å². The maximum atomic E-state index is 10.8. The molecule has 1 rings (SSSR count). The third kappa shape index (κ3) is 5.26. The van der Waals surface area contributed by atoms with Gasteiger partial charge in [0.1, 0.15) is 5.75 Å². The number of ether oxygens (including phenoxy) is 1. The zero-order valence-electron chi connectivity index (χ0n) is 12.0. The molecule has 0 saturated carbocycles. The Morgan fingerprint density at radius 3 is 2.53 bits per heavy atom. The van der Waals surface area contributed by atoms with Gasteiger partial charge in [0.05, 0.1) is 18.1 Å². The fourth-order valence-electron chi connectivity index (χ4n) is 2.05.